The molecule has 1 aliphatic rings. The number of halogens is 1. The van der Waals surface area contributed by atoms with Crippen LogP contribution in [0, 0.1) is 5.92 Å². The monoisotopic (exact) mass is 368 g/mol. The molecule has 2 rings (SSSR count). The van der Waals surface area contributed by atoms with Crippen LogP contribution >= 0.6 is 15.9 Å². The maximum absolute atomic E-state index is 11.3. The summed E-state index contributed by atoms with van der Waals surface area (Å²) in [6.45, 7) is 2.80. The smallest absolute Gasteiger partial charge is 0.308 e. The summed E-state index contributed by atoms with van der Waals surface area (Å²) in [5, 5.41) is 1.00. The van der Waals surface area contributed by atoms with Crippen LogP contribution in [0.2, 0.25) is 0 Å². The minimum atomic E-state index is -0.330. The van der Waals surface area contributed by atoms with E-state index in [0.29, 0.717) is 17.4 Å². The van der Waals surface area contributed by atoms with Gasteiger partial charge >= 0.3 is 11.9 Å². The molecule has 1 unspecified atom stereocenters. The lowest BCUT2D eigenvalue weighted by molar-refractivity contribution is -0.133. The lowest BCUT2D eigenvalue weighted by Gasteiger charge is -2.27. The van der Waals surface area contributed by atoms with E-state index in [2.05, 4.69) is 15.9 Å². The summed E-state index contributed by atoms with van der Waals surface area (Å²) in [5.74, 6) is 1.11. The number of benzene rings is 1. The van der Waals surface area contributed by atoms with E-state index in [-0.39, 0.29) is 11.9 Å². The first-order valence-corrected chi connectivity index (χ1v) is 8.71. The van der Waals surface area contributed by atoms with Crippen LogP contribution in [0.1, 0.15) is 44.2 Å². The average molecular weight is 369 g/mol. The van der Waals surface area contributed by atoms with Gasteiger partial charge in [-0.2, -0.15) is 0 Å². The molecule has 0 amide bonds. The van der Waals surface area contributed by atoms with E-state index >= 15 is 0 Å². The van der Waals surface area contributed by atoms with Crippen molar-refractivity contribution < 1.29 is 19.1 Å². The molecule has 0 spiro atoms. The van der Waals surface area contributed by atoms with Gasteiger partial charge in [0.2, 0.25) is 0 Å². The summed E-state index contributed by atoms with van der Waals surface area (Å²) in [6.07, 6.45) is 5.05. The molecule has 0 bridgehead atoms. The van der Waals surface area contributed by atoms with Gasteiger partial charge < -0.3 is 9.47 Å². The molecule has 0 fully saturated rings. The lowest BCUT2D eigenvalue weighted by atomic mass is 9.81. The zero-order valence-electron chi connectivity index (χ0n) is 13.0. The highest BCUT2D eigenvalue weighted by molar-refractivity contribution is 9.09. The Labute approximate surface area is 139 Å². The molecule has 1 aromatic rings. The molecule has 0 aromatic heterocycles. The van der Waals surface area contributed by atoms with E-state index < -0.39 is 0 Å². The number of fused-ring (bicyclic) bond motifs is 1. The van der Waals surface area contributed by atoms with Crippen LogP contribution in [-0.2, 0) is 22.4 Å². The van der Waals surface area contributed by atoms with Crippen LogP contribution in [0.3, 0.4) is 0 Å². The van der Waals surface area contributed by atoms with E-state index in [9.17, 15) is 9.59 Å². The maximum Gasteiger partial charge on any atom is 0.308 e. The van der Waals surface area contributed by atoms with Crippen molar-refractivity contribution >= 4 is 27.9 Å². The Kier molecular flexibility index (Phi) is 6.00. The van der Waals surface area contributed by atoms with Crippen molar-refractivity contribution in [3.8, 4) is 11.5 Å². The lowest BCUT2D eigenvalue weighted by Crippen LogP contribution is -2.18. The zero-order valence-corrected chi connectivity index (χ0v) is 14.6. The number of alkyl halides is 1. The van der Waals surface area contributed by atoms with Crippen LogP contribution in [0.25, 0.3) is 0 Å². The van der Waals surface area contributed by atoms with E-state index in [1.54, 1.807) is 12.1 Å². The van der Waals surface area contributed by atoms with Crippen LogP contribution in [-0.4, -0.2) is 17.3 Å². The van der Waals surface area contributed by atoms with Gasteiger partial charge in [-0.3, -0.25) is 9.59 Å². The van der Waals surface area contributed by atoms with E-state index in [0.717, 1.165) is 48.6 Å². The molecule has 4 nitrogen and oxygen atoms in total. The Morgan fingerprint density at radius 1 is 1.14 bits per heavy atom. The third-order valence-corrected chi connectivity index (χ3v) is 4.45. The Bertz CT molecular complexity index is 568. The molecule has 1 atom stereocenters. The quantitative estimate of drug-likeness (QED) is 0.450. The molecular formula is C17H21BrO4. The molecule has 5 heteroatoms. The second-order valence-electron chi connectivity index (χ2n) is 5.65. The van der Waals surface area contributed by atoms with E-state index in [1.165, 1.54) is 13.8 Å². The summed E-state index contributed by atoms with van der Waals surface area (Å²) in [6, 6.07) is 3.45. The number of esters is 2. The number of rotatable bonds is 5. The summed E-state index contributed by atoms with van der Waals surface area (Å²) in [5.41, 5.74) is 2.02. The van der Waals surface area contributed by atoms with Crippen molar-refractivity contribution in [2.24, 2.45) is 5.92 Å². The zero-order chi connectivity index (χ0) is 16.1. The number of ether oxygens (including phenoxy) is 2. The molecule has 0 saturated carbocycles. The predicted octanol–water partition coefficient (Wildman–Crippen LogP) is 3.82. The number of carbonyl (C=O) groups excluding carboxylic acids is 2. The standard InChI is InChI=1S/C17H21BrO4/c1-11(19)21-16-7-8-17(22-12(2)20)15-10-13(4-3-9-18)5-6-14(15)16/h7-8,13H,3-6,9-10H2,1-2H3. The maximum atomic E-state index is 11.3. The van der Waals surface area contributed by atoms with Crippen LogP contribution in [0.15, 0.2) is 12.1 Å². The minimum Gasteiger partial charge on any atom is -0.426 e. The molecule has 0 aliphatic heterocycles. The fourth-order valence-electron chi connectivity index (χ4n) is 3.00. The Hall–Kier alpha value is -1.36. The van der Waals surface area contributed by atoms with Crippen molar-refractivity contribution in [1.29, 1.82) is 0 Å². The second kappa shape index (κ2) is 7.77. The van der Waals surface area contributed by atoms with Crippen LogP contribution in [0.5, 0.6) is 11.5 Å². The summed E-state index contributed by atoms with van der Waals surface area (Å²) >= 11 is 3.47. The molecular weight excluding hydrogens is 348 g/mol. The molecule has 1 aliphatic carbocycles. The Balaban J connectivity index is 2.31. The number of carbonyl (C=O) groups is 2. The molecule has 22 heavy (non-hydrogen) atoms. The van der Waals surface area contributed by atoms with Crippen LogP contribution in [0.4, 0.5) is 0 Å². The van der Waals surface area contributed by atoms with Crippen molar-refractivity contribution in [1.82, 2.24) is 0 Å². The van der Waals surface area contributed by atoms with Gasteiger partial charge in [0.1, 0.15) is 11.5 Å². The molecule has 0 N–H and O–H groups in total. The molecule has 0 saturated heterocycles. The number of hydrogen-bond donors (Lipinski definition) is 0. The van der Waals surface area contributed by atoms with Gasteiger partial charge in [-0.1, -0.05) is 15.9 Å². The summed E-state index contributed by atoms with van der Waals surface area (Å²) < 4.78 is 10.6. The largest absolute Gasteiger partial charge is 0.426 e. The van der Waals surface area contributed by atoms with Gasteiger partial charge in [0.15, 0.2) is 0 Å². The first-order chi connectivity index (χ1) is 10.5. The van der Waals surface area contributed by atoms with Gasteiger partial charge in [0.25, 0.3) is 0 Å². The molecule has 0 radical (unpaired) electrons. The van der Waals surface area contributed by atoms with Crippen molar-refractivity contribution in [3.05, 3.63) is 23.3 Å². The predicted molar refractivity (Wildman–Crippen MR) is 87.6 cm³/mol. The van der Waals surface area contributed by atoms with Gasteiger partial charge in [-0.05, 0) is 50.2 Å². The van der Waals surface area contributed by atoms with Gasteiger partial charge in [-0.15, -0.1) is 0 Å². The van der Waals surface area contributed by atoms with Crippen LogP contribution < -0.4 is 9.47 Å². The van der Waals surface area contributed by atoms with Gasteiger partial charge in [0.05, 0.1) is 0 Å². The van der Waals surface area contributed by atoms with Crippen molar-refractivity contribution in [2.45, 2.75) is 46.0 Å². The molecule has 1 aromatic carbocycles. The van der Waals surface area contributed by atoms with Gasteiger partial charge in [-0.25, -0.2) is 0 Å². The first-order valence-electron chi connectivity index (χ1n) is 7.58. The SMILES string of the molecule is CC(=O)Oc1ccc(OC(C)=O)c2c1CCC(CCCBr)C2. The molecule has 0 heterocycles. The second-order valence-corrected chi connectivity index (χ2v) is 6.44. The van der Waals surface area contributed by atoms with Crippen molar-refractivity contribution in [2.75, 3.05) is 5.33 Å². The minimum absolute atomic E-state index is 0.329. The van der Waals surface area contributed by atoms with Gasteiger partial charge in [0, 0.05) is 30.3 Å². The normalized spacial score (nSPS) is 16.8. The molecule has 120 valence electrons. The third kappa shape index (κ3) is 4.32. The third-order valence-electron chi connectivity index (χ3n) is 3.89. The first kappa shape index (κ1) is 17.0. The topological polar surface area (TPSA) is 52.6 Å². The highest BCUT2D eigenvalue weighted by atomic mass is 79.9. The van der Waals surface area contributed by atoms with Crippen molar-refractivity contribution in [3.63, 3.8) is 0 Å². The fraction of sp³-hybridized carbons (Fsp3) is 0.529. The van der Waals surface area contributed by atoms with E-state index in [4.69, 9.17) is 9.47 Å². The summed E-state index contributed by atoms with van der Waals surface area (Å²) in [4.78, 5) is 22.6. The highest BCUT2D eigenvalue weighted by Gasteiger charge is 2.25. The number of hydrogen-bond acceptors (Lipinski definition) is 4. The average Bonchev–Trinajstić information content (AvgIpc) is 2.46. The highest BCUT2D eigenvalue weighted by Crippen LogP contribution is 2.39. The summed E-state index contributed by atoms with van der Waals surface area (Å²) in [7, 11) is 0. The fourth-order valence-corrected chi connectivity index (χ4v) is 3.32. The Morgan fingerprint density at radius 2 is 1.73 bits per heavy atom. The Morgan fingerprint density at radius 3 is 2.27 bits per heavy atom. The van der Waals surface area contributed by atoms with E-state index in [1.807, 2.05) is 0 Å².